The van der Waals surface area contributed by atoms with E-state index in [9.17, 15) is 9.50 Å². The van der Waals surface area contributed by atoms with Gasteiger partial charge in [-0.2, -0.15) is 0 Å². The molecule has 0 amide bonds. The number of rotatable bonds is 5. The van der Waals surface area contributed by atoms with Crippen molar-refractivity contribution < 1.29 is 23.7 Å². The van der Waals surface area contributed by atoms with Crippen molar-refractivity contribution in [1.29, 1.82) is 0 Å². The monoisotopic (exact) mass is 434 g/mol. The van der Waals surface area contributed by atoms with Crippen molar-refractivity contribution in [1.82, 2.24) is 10.6 Å². The molecule has 0 bridgehead atoms. The largest absolute Gasteiger partial charge is 0.504 e. The highest BCUT2D eigenvalue weighted by Crippen LogP contribution is 2.40. The average Bonchev–Trinajstić information content (AvgIpc) is 3.28. The highest BCUT2D eigenvalue weighted by Gasteiger charge is 2.27. The molecule has 2 heterocycles. The SMILES string of the molecule is CCOc1cccc(C2C=C(c3ccc4c(c3)OCO4)NC(c3cccc(F)c3)N2)c1O. The van der Waals surface area contributed by atoms with E-state index in [0.29, 0.717) is 29.4 Å². The fourth-order valence-corrected chi connectivity index (χ4v) is 3.99. The Labute approximate surface area is 185 Å². The number of phenols is 1. The summed E-state index contributed by atoms with van der Waals surface area (Å²) in [6.45, 7) is 2.51. The Kier molecular flexibility index (Phi) is 5.33. The molecule has 0 saturated carbocycles. The molecule has 2 aliphatic heterocycles. The van der Waals surface area contributed by atoms with Crippen LogP contribution in [-0.4, -0.2) is 18.5 Å². The predicted octanol–water partition coefficient (Wildman–Crippen LogP) is 4.63. The van der Waals surface area contributed by atoms with Gasteiger partial charge in [-0.25, -0.2) is 4.39 Å². The van der Waals surface area contributed by atoms with E-state index in [1.54, 1.807) is 12.1 Å². The molecule has 2 unspecified atom stereocenters. The van der Waals surface area contributed by atoms with Crippen LogP contribution in [0.15, 0.2) is 66.7 Å². The van der Waals surface area contributed by atoms with Crippen molar-refractivity contribution in [3.05, 3.63) is 89.2 Å². The van der Waals surface area contributed by atoms with Gasteiger partial charge in [-0.1, -0.05) is 24.3 Å². The molecule has 2 atom stereocenters. The van der Waals surface area contributed by atoms with E-state index in [4.69, 9.17) is 14.2 Å². The van der Waals surface area contributed by atoms with Crippen LogP contribution in [0.2, 0.25) is 0 Å². The van der Waals surface area contributed by atoms with Gasteiger partial charge < -0.3 is 24.6 Å². The molecular weight excluding hydrogens is 411 g/mol. The summed E-state index contributed by atoms with van der Waals surface area (Å²) in [6, 6.07) is 17.2. The number of nitrogens with one attached hydrogen (secondary N) is 2. The number of ether oxygens (including phenoxy) is 3. The quantitative estimate of drug-likeness (QED) is 0.544. The number of para-hydroxylation sites is 1. The van der Waals surface area contributed by atoms with Crippen molar-refractivity contribution in [2.45, 2.75) is 19.1 Å². The predicted molar refractivity (Wildman–Crippen MR) is 118 cm³/mol. The van der Waals surface area contributed by atoms with Crippen LogP contribution in [0.5, 0.6) is 23.0 Å². The van der Waals surface area contributed by atoms with E-state index < -0.39 is 6.17 Å². The smallest absolute Gasteiger partial charge is 0.231 e. The Balaban J connectivity index is 1.57. The third kappa shape index (κ3) is 3.83. The first-order chi connectivity index (χ1) is 15.6. The standard InChI is InChI=1S/C25H23FN2O4/c1-2-30-22-8-4-7-18(24(22)29)20-13-19(15-9-10-21-23(12-15)32-14-31-21)27-25(28-20)16-5-3-6-17(26)11-16/h3-13,20,25,27-29H,2,14H2,1H3. The molecule has 5 rings (SSSR count). The van der Waals surface area contributed by atoms with Gasteiger partial charge in [-0.15, -0.1) is 0 Å². The normalized spacial score (nSPS) is 19.2. The summed E-state index contributed by atoms with van der Waals surface area (Å²) in [7, 11) is 0. The van der Waals surface area contributed by atoms with Crippen molar-refractivity contribution in [3.8, 4) is 23.0 Å². The Morgan fingerprint density at radius 2 is 1.91 bits per heavy atom. The lowest BCUT2D eigenvalue weighted by molar-refractivity contribution is 0.174. The second-order valence-corrected chi connectivity index (χ2v) is 7.55. The molecule has 3 aromatic carbocycles. The van der Waals surface area contributed by atoms with Crippen LogP contribution in [-0.2, 0) is 0 Å². The highest BCUT2D eigenvalue weighted by atomic mass is 19.1. The molecule has 0 radical (unpaired) electrons. The molecule has 0 saturated heterocycles. The molecular formula is C25H23FN2O4. The van der Waals surface area contributed by atoms with Crippen LogP contribution in [0.25, 0.3) is 5.70 Å². The van der Waals surface area contributed by atoms with Gasteiger partial charge in [0.2, 0.25) is 6.79 Å². The van der Waals surface area contributed by atoms with E-state index in [2.05, 4.69) is 10.6 Å². The van der Waals surface area contributed by atoms with Gasteiger partial charge in [0.05, 0.1) is 12.6 Å². The number of halogens is 1. The van der Waals surface area contributed by atoms with E-state index in [1.165, 1.54) is 12.1 Å². The minimum absolute atomic E-state index is 0.0769. The summed E-state index contributed by atoms with van der Waals surface area (Å²) in [4.78, 5) is 0. The number of hydrogen-bond donors (Lipinski definition) is 3. The van der Waals surface area contributed by atoms with Gasteiger partial charge >= 0.3 is 0 Å². The first kappa shape index (κ1) is 20.2. The van der Waals surface area contributed by atoms with Gasteiger partial charge in [-0.3, -0.25) is 5.32 Å². The van der Waals surface area contributed by atoms with Crippen LogP contribution >= 0.6 is 0 Å². The number of phenolic OH excluding ortho intramolecular Hbond substituents is 1. The first-order valence-electron chi connectivity index (χ1n) is 10.5. The number of benzene rings is 3. The fourth-order valence-electron chi connectivity index (χ4n) is 3.99. The lowest BCUT2D eigenvalue weighted by Gasteiger charge is -2.33. The van der Waals surface area contributed by atoms with Crippen LogP contribution in [0.4, 0.5) is 4.39 Å². The summed E-state index contributed by atoms with van der Waals surface area (Å²) in [5.74, 6) is 1.55. The number of fused-ring (bicyclic) bond motifs is 1. The molecule has 3 N–H and O–H groups in total. The van der Waals surface area contributed by atoms with E-state index in [0.717, 1.165) is 16.8 Å². The van der Waals surface area contributed by atoms with Gasteiger partial charge in [0.25, 0.3) is 0 Å². The van der Waals surface area contributed by atoms with Crippen molar-refractivity contribution in [2.24, 2.45) is 0 Å². The van der Waals surface area contributed by atoms with Gasteiger partial charge in [-0.05, 0) is 55.0 Å². The van der Waals surface area contributed by atoms with Crippen molar-refractivity contribution in [3.63, 3.8) is 0 Å². The summed E-state index contributed by atoms with van der Waals surface area (Å²) in [5, 5.41) is 17.7. The second-order valence-electron chi connectivity index (χ2n) is 7.55. The Morgan fingerprint density at radius 1 is 1.06 bits per heavy atom. The minimum Gasteiger partial charge on any atom is -0.504 e. The van der Waals surface area contributed by atoms with Gasteiger partial charge in [0.1, 0.15) is 12.0 Å². The molecule has 0 aliphatic carbocycles. The molecule has 6 nitrogen and oxygen atoms in total. The van der Waals surface area contributed by atoms with Crippen LogP contribution in [0.1, 0.15) is 35.8 Å². The van der Waals surface area contributed by atoms with E-state index in [1.807, 2.05) is 49.4 Å². The Hall–Kier alpha value is -3.71. The van der Waals surface area contributed by atoms with Crippen LogP contribution in [0.3, 0.4) is 0 Å². The first-order valence-corrected chi connectivity index (χ1v) is 10.5. The third-order valence-corrected chi connectivity index (χ3v) is 5.51. The minimum atomic E-state index is -0.392. The lowest BCUT2D eigenvalue weighted by atomic mass is 9.97. The zero-order valence-corrected chi connectivity index (χ0v) is 17.5. The average molecular weight is 434 g/mol. The number of aromatic hydroxyl groups is 1. The zero-order valence-electron chi connectivity index (χ0n) is 17.5. The summed E-state index contributed by atoms with van der Waals surface area (Å²) in [6.07, 6.45) is 1.59. The summed E-state index contributed by atoms with van der Waals surface area (Å²) < 4.78 is 30.5. The fraction of sp³-hybridized carbons (Fsp3) is 0.200. The highest BCUT2D eigenvalue weighted by molar-refractivity contribution is 5.69. The van der Waals surface area contributed by atoms with Gasteiger partial charge in [0, 0.05) is 16.8 Å². The molecule has 0 fully saturated rings. The maximum atomic E-state index is 14.0. The van der Waals surface area contributed by atoms with Crippen molar-refractivity contribution in [2.75, 3.05) is 13.4 Å². The lowest BCUT2D eigenvalue weighted by Crippen LogP contribution is -2.39. The van der Waals surface area contributed by atoms with Crippen molar-refractivity contribution >= 4 is 5.70 Å². The number of hydrogen-bond acceptors (Lipinski definition) is 6. The zero-order chi connectivity index (χ0) is 22.1. The Bertz CT molecular complexity index is 1180. The third-order valence-electron chi connectivity index (χ3n) is 5.51. The second kappa shape index (κ2) is 8.43. The van der Waals surface area contributed by atoms with Crippen LogP contribution in [0, 0.1) is 5.82 Å². The Morgan fingerprint density at radius 3 is 2.75 bits per heavy atom. The van der Waals surface area contributed by atoms with Gasteiger partial charge in [0.15, 0.2) is 23.0 Å². The topological polar surface area (TPSA) is 72.0 Å². The maximum Gasteiger partial charge on any atom is 0.231 e. The molecule has 32 heavy (non-hydrogen) atoms. The molecule has 0 aromatic heterocycles. The molecule has 164 valence electrons. The summed E-state index contributed by atoms with van der Waals surface area (Å²) in [5.41, 5.74) is 3.11. The molecule has 3 aromatic rings. The van der Waals surface area contributed by atoms with E-state index in [-0.39, 0.29) is 24.4 Å². The maximum absolute atomic E-state index is 14.0. The van der Waals surface area contributed by atoms with E-state index >= 15 is 0 Å². The summed E-state index contributed by atoms with van der Waals surface area (Å²) >= 11 is 0. The van der Waals surface area contributed by atoms with Crippen LogP contribution < -0.4 is 24.8 Å². The molecule has 2 aliphatic rings. The molecule has 7 heteroatoms. The molecule has 0 spiro atoms.